The molecule has 3 aromatic rings. The lowest BCUT2D eigenvalue weighted by atomic mass is 9.97. The zero-order chi connectivity index (χ0) is 20.8. The van der Waals surface area contributed by atoms with Gasteiger partial charge in [-0.25, -0.2) is 0 Å². The fourth-order valence-electron chi connectivity index (χ4n) is 5.06. The van der Waals surface area contributed by atoms with Gasteiger partial charge in [-0.15, -0.1) is 0 Å². The van der Waals surface area contributed by atoms with Crippen molar-refractivity contribution in [3.8, 4) is 0 Å². The number of aryl methyl sites for hydroxylation is 1. The number of carbonyl (C=O) groups excluding carboxylic acids is 1. The lowest BCUT2D eigenvalue weighted by molar-refractivity contribution is 0.0546. The van der Waals surface area contributed by atoms with Gasteiger partial charge in [0.15, 0.2) is 0 Å². The van der Waals surface area contributed by atoms with Crippen LogP contribution < -0.4 is 0 Å². The number of carbonyl (C=O) groups is 1. The molecule has 1 saturated heterocycles. The molecule has 5 rings (SSSR count). The Bertz CT molecular complexity index is 1100. The highest BCUT2D eigenvalue weighted by Crippen LogP contribution is 2.36. The Morgan fingerprint density at radius 2 is 1.70 bits per heavy atom. The van der Waals surface area contributed by atoms with E-state index in [2.05, 4.69) is 44.7 Å². The number of fused-ring (bicyclic) bond motifs is 3. The number of piperidine rings is 1. The molecule has 0 spiro atoms. The highest BCUT2D eigenvalue weighted by Gasteiger charge is 2.35. The molecular formula is C24H25Cl2N3O. The first-order chi connectivity index (χ1) is 14.5. The third kappa shape index (κ3) is 3.41. The third-order valence-corrected chi connectivity index (χ3v) is 7.40. The topological polar surface area (TPSA) is 28.5 Å². The SMILES string of the molecule is Cn1c2c(c3cc(Cl)c(Cl)cc31)C(=O)N(C1CCN(Cc3ccccc3)CC1)CC2. The largest absolute Gasteiger partial charge is 0.347 e. The average molecular weight is 442 g/mol. The minimum Gasteiger partial charge on any atom is -0.347 e. The van der Waals surface area contributed by atoms with Gasteiger partial charge in [0.25, 0.3) is 5.91 Å². The number of benzene rings is 2. The van der Waals surface area contributed by atoms with Gasteiger partial charge >= 0.3 is 0 Å². The van der Waals surface area contributed by atoms with Crippen molar-refractivity contribution < 1.29 is 4.79 Å². The second-order valence-corrected chi connectivity index (χ2v) is 9.22. The Morgan fingerprint density at radius 1 is 1.00 bits per heavy atom. The van der Waals surface area contributed by atoms with Crippen LogP contribution in [-0.4, -0.2) is 46.0 Å². The highest BCUT2D eigenvalue weighted by atomic mass is 35.5. The molecule has 1 aromatic heterocycles. The van der Waals surface area contributed by atoms with E-state index in [1.54, 1.807) is 0 Å². The molecule has 6 heteroatoms. The van der Waals surface area contributed by atoms with Crippen LogP contribution in [0.25, 0.3) is 10.9 Å². The van der Waals surface area contributed by atoms with E-state index in [1.807, 2.05) is 19.2 Å². The summed E-state index contributed by atoms with van der Waals surface area (Å²) in [6.07, 6.45) is 2.90. The van der Waals surface area contributed by atoms with E-state index in [1.165, 1.54) is 5.56 Å². The summed E-state index contributed by atoms with van der Waals surface area (Å²) in [4.78, 5) is 18.1. The van der Waals surface area contributed by atoms with Gasteiger partial charge in [-0.05, 0) is 30.5 Å². The normalized spacial score (nSPS) is 18.2. The van der Waals surface area contributed by atoms with Gasteiger partial charge in [0.1, 0.15) is 0 Å². The molecule has 30 heavy (non-hydrogen) atoms. The fourth-order valence-corrected chi connectivity index (χ4v) is 5.39. The second-order valence-electron chi connectivity index (χ2n) is 8.41. The van der Waals surface area contributed by atoms with Crippen molar-refractivity contribution in [3.05, 3.63) is 69.3 Å². The van der Waals surface area contributed by atoms with Gasteiger partial charge < -0.3 is 9.47 Å². The molecule has 0 unspecified atom stereocenters. The van der Waals surface area contributed by atoms with Gasteiger partial charge in [0.2, 0.25) is 0 Å². The zero-order valence-electron chi connectivity index (χ0n) is 17.1. The predicted octanol–water partition coefficient (Wildman–Crippen LogP) is 5.15. The van der Waals surface area contributed by atoms with Crippen molar-refractivity contribution in [1.82, 2.24) is 14.4 Å². The predicted molar refractivity (Wildman–Crippen MR) is 122 cm³/mol. The first-order valence-corrected chi connectivity index (χ1v) is 11.3. The molecule has 156 valence electrons. The molecule has 4 nitrogen and oxygen atoms in total. The number of aromatic nitrogens is 1. The van der Waals surface area contributed by atoms with Crippen LogP contribution in [0.2, 0.25) is 10.0 Å². The van der Waals surface area contributed by atoms with E-state index < -0.39 is 0 Å². The van der Waals surface area contributed by atoms with Gasteiger partial charge in [-0.1, -0.05) is 53.5 Å². The summed E-state index contributed by atoms with van der Waals surface area (Å²) in [6, 6.07) is 14.6. The molecule has 0 saturated carbocycles. The van der Waals surface area contributed by atoms with Crippen molar-refractivity contribution in [2.45, 2.75) is 31.8 Å². The van der Waals surface area contributed by atoms with E-state index in [4.69, 9.17) is 23.2 Å². The van der Waals surface area contributed by atoms with E-state index >= 15 is 0 Å². The molecule has 0 radical (unpaired) electrons. The molecule has 1 fully saturated rings. The number of hydrogen-bond donors (Lipinski definition) is 0. The molecule has 2 aliphatic heterocycles. The summed E-state index contributed by atoms with van der Waals surface area (Å²) in [5.41, 5.74) is 4.22. The van der Waals surface area contributed by atoms with Crippen LogP contribution >= 0.6 is 23.2 Å². The Hall–Kier alpha value is -2.01. The van der Waals surface area contributed by atoms with Crippen molar-refractivity contribution in [2.75, 3.05) is 19.6 Å². The van der Waals surface area contributed by atoms with Gasteiger partial charge in [0, 0.05) is 56.8 Å². The van der Waals surface area contributed by atoms with Gasteiger partial charge in [0.05, 0.1) is 21.1 Å². The highest BCUT2D eigenvalue weighted by molar-refractivity contribution is 6.43. The number of hydrogen-bond acceptors (Lipinski definition) is 2. The average Bonchev–Trinajstić information content (AvgIpc) is 3.02. The first-order valence-electron chi connectivity index (χ1n) is 10.6. The molecule has 1 amide bonds. The molecule has 0 N–H and O–H groups in total. The maximum atomic E-state index is 13.5. The monoisotopic (exact) mass is 441 g/mol. The standard InChI is InChI=1S/C24H25Cl2N3O/c1-27-21-9-12-29(24(30)23(21)18-13-19(25)20(26)14-22(18)27)17-7-10-28(11-8-17)15-16-5-3-2-4-6-16/h2-6,13-14,17H,7-12,15H2,1H3. The van der Waals surface area contributed by atoms with Crippen LogP contribution in [0, 0.1) is 0 Å². The van der Waals surface area contributed by atoms with Gasteiger partial charge in [-0.3, -0.25) is 9.69 Å². The Balaban J connectivity index is 1.34. The van der Waals surface area contributed by atoms with Crippen molar-refractivity contribution in [2.24, 2.45) is 7.05 Å². The van der Waals surface area contributed by atoms with Crippen molar-refractivity contribution in [1.29, 1.82) is 0 Å². The fraction of sp³-hybridized carbons (Fsp3) is 0.375. The maximum absolute atomic E-state index is 13.5. The van der Waals surface area contributed by atoms with Crippen LogP contribution in [0.5, 0.6) is 0 Å². The smallest absolute Gasteiger partial charge is 0.256 e. The summed E-state index contributed by atoms with van der Waals surface area (Å²) in [6.45, 7) is 3.80. The summed E-state index contributed by atoms with van der Waals surface area (Å²) < 4.78 is 2.10. The van der Waals surface area contributed by atoms with E-state index in [0.29, 0.717) is 16.1 Å². The number of nitrogens with zero attached hydrogens (tertiary/aromatic N) is 3. The lowest BCUT2D eigenvalue weighted by Crippen LogP contribution is -2.49. The van der Waals surface area contributed by atoms with E-state index in [9.17, 15) is 4.79 Å². The molecule has 0 bridgehead atoms. The van der Waals surface area contributed by atoms with E-state index in [-0.39, 0.29) is 5.91 Å². The van der Waals surface area contributed by atoms with Crippen LogP contribution in [0.1, 0.15) is 34.5 Å². The molecule has 0 aliphatic carbocycles. The quantitative estimate of drug-likeness (QED) is 0.562. The van der Waals surface area contributed by atoms with Crippen LogP contribution in [0.15, 0.2) is 42.5 Å². The minimum absolute atomic E-state index is 0.141. The first kappa shape index (κ1) is 19.9. The lowest BCUT2D eigenvalue weighted by Gasteiger charge is -2.40. The summed E-state index contributed by atoms with van der Waals surface area (Å²) in [7, 11) is 2.01. The van der Waals surface area contributed by atoms with Crippen molar-refractivity contribution in [3.63, 3.8) is 0 Å². The zero-order valence-corrected chi connectivity index (χ0v) is 18.6. The minimum atomic E-state index is 0.141. The Labute approximate surface area is 187 Å². The Morgan fingerprint density at radius 3 is 2.43 bits per heavy atom. The van der Waals surface area contributed by atoms with Crippen LogP contribution in [0.4, 0.5) is 0 Å². The van der Waals surface area contributed by atoms with Crippen LogP contribution in [-0.2, 0) is 20.0 Å². The number of rotatable bonds is 3. The van der Waals surface area contributed by atoms with Gasteiger partial charge in [-0.2, -0.15) is 0 Å². The molecule has 0 atom stereocenters. The number of halogens is 2. The molecule has 2 aliphatic rings. The summed E-state index contributed by atoms with van der Waals surface area (Å²) in [5.74, 6) is 0.141. The van der Waals surface area contributed by atoms with Crippen LogP contribution in [0.3, 0.4) is 0 Å². The Kier molecular flexibility index (Phi) is 5.26. The second kappa shape index (κ2) is 7.92. The van der Waals surface area contributed by atoms with Crippen molar-refractivity contribution >= 4 is 40.0 Å². The summed E-state index contributed by atoms with van der Waals surface area (Å²) >= 11 is 12.5. The number of likely N-dealkylation sites (tertiary alicyclic amines) is 1. The van der Waals surface area contributed by atoms with E-state index in [0.717, 1.165) is 67.6 Å². The maximum Gasteiger partial charge on any atom is 0.256 e. The molecular weight excluding hydrogens is 417 g/mol. The summed E-state index contributed by atoms with van der Waals surface area (Å²) in [5, 5.41) is 1.94. The molecule has 3 heterocycles. The molecule has 2 aromatic carbocycles. The number of amides is 1. The third-order valence-electron chi connectivity index (χ3n) is 6.67.